The van der Waals surface area contributed by atoms with E-state index in [1.807, 2.05) is 18.7 Å². The molecule has 0 bridgehead atoms. The molecule has 144 valence electrons. The van der Waals surface area contributed by atoms with Crippen molar-refractivity contribution < 1.29 is 14.0 Å². The maximum absolute atomic E-state index is 13.6. The first-order chi connectivity index (χ1) is 13.1. The fourth-order valence-electron chi connectivity index (χ4n) is 2.92. The van der Waals surface area contributed by atoms with E-state index < -0.39 is 0 Å². The molecule has 27 heavy (non-hydrogen) atoms. The van der Waals surface area contributed by atoms with Gasteiger partial charge in [0.1, 0.15) is 5.82 Å². The monoisotopic (exact) mass is 370 g/mol. The zero-order chi connectivity index (χ0) is 19.6. The van der Waals surface area contributed by atoms with Crippen LogP contribution < -0.4 is 5.32 Å². The molecule has 0 saturated heterocycles. The minimum Gasteiger partial charge on any atom is -0.352 e. The molecule has 0 spiro atoms. The van der Waals surface area contributed by atoms with E-state index in [0.717, 1.165) is 25.9 Å². The molecule has 0 aromatic heterocycles. The van der Waals surface area contributed by atoms with Crippen LogP contribution in [0.3, 0.4) is 0 Å². The summed E-state index contributed by atoms with van der Waals surface area (Å²) in [5.74, 6) is -0.507. The van der Waals surface area contributed by atoms with Gasteiger partial charge in [-0.2, -0.15) is 0 Å². The molecular weight excluding hydrogens is 343 g/mol. The highest BCUT2D eigenvalue weighted by molar-refractivity contribution is 5.97. The maximum Gasteiger partial charge on any atom is 0.253 e. The smallest absolute Gasteiger partial charge is 0.253 e. The second kappa shape index (κ2) is 10.5. The summed E-state index contributed by atoms with van der Waals surface area (Å²) in [5.41, 5.74) is 1.64. The van der Waals surface area contributed by atoms with Crippen molar-refractivity contribution in [1.29, 1.82) is 0 Å². The largest absolute Gasteiger partial charge is 0.352 e. The molecule has 0 aliphatic rings. The normalized spacial score (nSPS) is 10.5. The lowest BCUT2D eigenvalue weighted by atomic mass is 10.1. The Labute approximate surface area is 160 Å². The van der Waals surface area contributed by atoms with Crippen LogP contribution in [0.15, 0.2) is 48.5 Å². The van der Waals surface area contributed by atoms with E-state index in [-0.39, 0.29) is 17.6 Å². The Morgan fingerprint density at radius 1 is 0.926 bits per heavy atom. The first kappa shape index (κ1) is 20.6. The van der Waals surface area contributed by atoms with E-state index in [0.29, 0.717) is 29.7 Å². The lowest BCUT2D eigenvalue weighted by Crippen LogP contribution is -2.32. The summed E-state index contributed by atoms with van der Waals surface area (Å²) in [6.07, 6.45) is 2.25. The Balaban J connectivity index is 1.92. The second-order valence-corrected chi connectivity index (χ2v) is 6.47. The average molecular weight is 370 g/mol. The van der Waals surface area contributed by atoms with Crippen LogP contribution in [0.5, 0.6) is 0 Å². The molecule has 0 saturated carbocycles. The third kappa shape index (κ3) is 5.91. The number of amides is 2. The number of nitrogens with zero attached hydrogens (tertiary/aromatic N) is 1. The highest BCUT2D eigenvalue weighted by atomic mass is 19.1. The number of hydrogen-bond donors (Lipinski definition) is 1. The van der Waals surface area contributed by atoms with Gasteiger partial charge in [0, 0.05) is 30.8 Å². The van der Waals surface area contributed by atoms with Crippen LogP contribution in [0.2, 0.25) is 0 Å². The van der Waals surface area contributed by atoms with E-state index in [9.17, 15) is 14.0 Å². The van der Waals surface area contributed by atoms with Crippen LogP contribution in [0, 0.1) is 5.82 Å². The summed E-state index contributed by atoms with van der Waals surface area (Å²) in [5, 5.41) is 2.79. The molecule has 5 heteroatoms. The van der Waals surface area contributed by atoms with Crippen molar-refractivity contribution in [2.45, 2.75) is 33.1 Å². The SMILES string of the molecule is CCCN(CCC)C(=O)c1ccc(C(=O)NCCc2ccccc2F)cc1. The molecular formula is C22H27FN2O2. The summed E-state index contributed by atoms with van der Waals surface area (Å²) >= 11 is 0. The van der Waals surface area contributed by atoms with Crippen molar-refractivity contribution in [1.82, 2.24) is 10.2 Å². The number of hydrogen-bond acceptors (Lipinski definition) is 2. The Morgan fingerprint density at radius 2 is 1.52 bits per heavy atom. The zero-order valence-electron chi connectivity index (χ0n) is 16.0. The van der Waals surface area contributed by atoms with Gasteiger partial charge >= 0.3 is 0 Å². The quantitative estimate of drug-likeness (QED) is 0.724. The lowest BCUT2D eigenvalue weighted by Gasteiger charge is -2.21. The van der Waals surface area contributed by atoms with Crippen LogP contribution in [0.1, 0.15) is 53.0 Å². The highest BCUT2D eigenvalue weighted by Crippen LogP contribution is 2.10. The number of halogens is 1. The summed E-state index contributed by atoms with van der Waals surface area (Å²) in [4.78, 5) is 26.6. The van der Waals surface area contributed by atoms with Crippen LogP contribution in [0.25, 0.3) is 0 Å². The van der Waals surface area contributed by atoms with Crippen LogP contribution in [-0.4, -0.2) is 36.3 Å². The van der Waals surface area contributed by atoms with Gasteiger partial charge in [0.05, 0.1) is 0 Å². The van der Waals surface area contributed by atoms with Crippen molar-refractivity contribution >= 4 is 11.8 Å². The molecule has 0 aliphatic heterocycles. The third-order valence-electron chi connectivity index (χ3n) is 4.31. The maximum atomic E-state index is 13.6. The standard InChI is InChI=1S/C22H27FN2O2/c1-3-15-25(16-4-2)22(27)19-11-9-18(10-12-19)21(26)24-14-13-17-7-5-6-8-20(17)23/h5-12H,3-4,13-16H2,1-2H3,(H,24,26). The molecule has 1 N–H and O–H groups in total. The van der Waals surface area contributed by atoms with Gasteiger partial charge in [-0.3, -0.25) is 9.59 Å². The molecule has 0 unspecified atom stereocenters. The molecule has 0 fully saturated rings. The molecule has 2 rings (SSSR count). The molecule has 4 nitrogen and oxygen atoms in total. The Kier molecular flexibility index (Phi) is 7.99. The van der Waals surface area contributed by atoms with Gasteiger partial charge < -0.3 is 10.2 Å². The van der Waals surface area contributed by atoms with Gasteiger partial charge in [-0.15, -0.1) is 0 Å². The van der Waals surface area contributed by atoms with Crippen LogP contribution in [0.4, 0.5) is 4.39 Å². The Morgan fingerprint density at radius 3 is 2.11 bits per heavy atom. The molecule has 0 heterocycles. The molecule has 2 aromatic rings. The average Bonchev–Trinajstić information content (AvgIpc) is 2.69. The molecule has 2 aromatic carbocycles. The van der Waals surface area contributed by atoms with Gasteiger partial charge in [-0.1, -0.05) is 32.0 Å². The van der Waals surface area contributed by atoms with Crippen LogP contribution >= 0.6 is 0 Å². The fourth-order valence-corrected chi connectivity index (χ4v) is 2.92. The van der Waals surface area contributed by atoms with Gasteiger partial charge in [0.15, 0.2) is 0 Å². The van der Waals surface area contributed by atoms with Crippen molar-refractivity contribution in [3.05, 3.63) is 71.0 Å². The predicted octanol–water partition coefficient (Wildman–Crippen LogP) is 4.06. The molecule has 0 atom stereocenters. The van der Waals surface area contributed by atoms with E-state index in [4.69, 9.17) is 0 Å². The van der Waals surface area contributed by atoms with Crippen molar-refractivity contribution in [3.8, 4) is 0 Å². The predicted molar refractivity (Wildman–Crippen MR) is 105 cm³/mol. The topological polar surface area (TPSA) is 49.4 Å². The van der Waals surface area contributed by atoms with Gasteiger partial charge in [-0.05, 0) is 55.2 Å². The number of carbonyl (C=O) groups is 2. The van der Waals surface area contributed by atoms with Gasteiger partial charge in [0.25, 0.3) is 11.8 Å². The number of rotatable bonds is 9. The Hall–Kier alpha value is -2.69. The van der Waals surface area contributed by atoms with E-state index in [2.05, 4.69) is 5.32 Å². The van der Waals surface area contributed by atoms with Crippen molar-refractivity contribution in [3.63, 3.8) is 0 Å². The lowest BCUT2D eigenvalue weighted by molar-refractivity contribution is 0.0755. The first-order valence-corrected chi connectivity index (χ1v) is 9.47. The number of nitrogens with one attached hydrogen (secondary N) is 1. The van der Waals surface area contributed by atoms with E-state index in [1.165, 1.54) is 6.07 Å². The molecule has 0 aliphatic carbocycles. The summed E-state index contributed by atoms with van der Waals surface area (Å²) in [7, 11) is 0. The highest BCUT2D eigenvalue weighted by Gasteiger charge is 2.15. The van der Waals surface area contributed by atoms with Gasteiger partial charge in [-0.25, -0.2) is 4.39 Å². The summed E-state index contributed by atoms with van der Waals surface area (Å²) in [6.45, 7) is 5.90. The number of carbonyl (C=O) groups excluding carboxylic acids is 2. The molecule has 2 amide bonds. The first-order valence-electron chi connectivity index (χ1n) is 9.47. The third-order valence-corrected chi connectivity index (χ3v) is 4.31. The van der Waals surface area contributed by atoms with Crippen LogP contribution in [-0.2, 0) is 6.42 Å². The minimum absolute atomic E-state index is 0.00906. The van der Waals surface area contributed by atoms with Crippen molar-refractivity contribution in [2.24, 2.45) is 0 Å². The van der Waals surface area contributed by atoms with Crippen molar-refractivity contribution in [2.75, 3.05) is 19.6 Å². The summed E-state index contributed by atoms with van der Waals surface area (Å²) < 4.78 is 13.6. The van der Waals surface area contributed by atoms with E-state index >= 15 is 0 Å². The minimum atomic E-state index is -0.265. The second-order valence-electron chi connectivity index (χ2n) is 6.47. The summed E-state index contributed by atoms with van der Waals surface area (Å²) in [6, 6.07) is 13.2. The molecule has 0 radical (unpaired) electrons. The Bertz CT molecular complexity index is 753. The fraction of sp³-hybridized carbons (Fsp3) is 0.364. The number of benzene rings is 2. The van der Waals surface area contributed by atoms with E-state index in [1.54, 1.807) is 42.5 Å². The zero-order valence-corrected chi connectivity index (χ0v) is 16.0. The van der Waals surface area contributed by atoms with Gasteiger partial charge in [0.2, 0.25) is 0 Å².